The highest BCUT2D eigenvalue weighted by molar-refractivity contribution is 14.1. The lowest BCUT2D eigenvalue weighted by molar-refractivity contribution is 0.204. The molecule has 0 aliphatic carbocycles. The molecule has 0 atom stereocenters. The number of hydrogen-bond donors (Lipinski definition) is 1. The number of halogens is 1. The number of amides is 1. The van der Waals surface area contributed by atoms with Crippen molar-refractivity contribution in [2.24, 2.45) is 0 Å². The maximum absolute atomic E-state index is 11.2. The monoisotopic (exact) mass is 346 g/mol. The van der Waals surface area contributed by atoms with Crippen molar-refractivity contribution < 1.29 is 9.90 Å². The molecule has 1 aromatic carbocycles. The van der Waals surface area contributed by atoms with E-state index in [0.717, 1.165) is 3.57 Å². The van der Waals surface area contributed by atoms with Crippen LogP contribution in [-0.2, 0) is 0 Å². The topological polar surface area (TPSA) is 53.4 Å². The number of rotatable bonds is 2. The molecular formula is C10H7IN2O2S. The molecule has 2 aromatic rings. The quantitative estimate of drug-likeness (QED) is 0.846. The fourth-order valence-electron chi connectivity index (χ4n) is 1.25. The van der Waals surface area contributed by atoms with Crippen molar-refractivity contribution in [2.45, 2.75) is 0 Å². The molecule has 82 valence electrons. The van der Waals surface area contributed by atoms with E-state index in [2.05, 4.69) is 27.6 Å². The van der Waals surface area contributed by atoms with Crippen LogP contribution >= 0.6 is 33.9 Å². The van der Waals surface area contributed by atoms with E-state index >= 15 is 0 Å². The van der Waals surface area contributed by atoms with E-state index in [1.165, 1.54) is 16.2 Å². The van der Waals surface area contributed by atoms with Crippen LogP contribution in [0.25, 0.3) is 0 Å². The second-order valence-electron chi connectivity index (χ2n) is 2.88. The van der Waals surface area contributed by atoms with Gasteiger partial charge >= 0.3 is 6.09 Å². The number of aromatic nitrogens is 1. The summed E-state index contributed by atoms with van der Waals surface area (Å²) < 4.78 is 0.873. The van der Waals surface area contributed by atoms with Gasteiger partial charge in [0.25, 0.3) is 0 Å². The minimum atomic E-state index is -1.03. The second kappa shape index (κ2) is 4.79. The van der Waals surface area contributed by atoms with Gasteiger partial charge in [-0.25, -0.2) is 14.7 Å². The smallest absolute Gasteiger partial charge is 0.418 e. The zero-order chi connectivity index (χ0) is 11.5. The van der Waals surface area contributed by atoms with E-state index in [9.17, 15) is 9.90 Å². The van der Waals surface area contributed by atoms with Gasteiger partial charge in [0.2, 0.25) is 0 Å². The van der Waals surface area contributed by atoms with E-state index < -0.39 is 6.09 Å². The van der Waals surface area contributed by atoms with Crippen molar-refractivity contribution in [2.75, 3.05) is 4.90 Å². The predicted octanol–water partition coefficient (Wildman–Crippen LogP) is 3.56. The largest absolute Gasteiger partial charge is 0.464 e. The van der Waals surface area contributed by atoms with E-state index in [-0.39, 0.29) is 0 Å². The third-order valence-corrected chi connectivity index (χ3v) is 3.56. The van der Waals surface area contributed by atoms with Crippen LogP contribution in [0.4, 0.5) is 15.6 Å². The maximum atomic E-state index is 11.2. The Morgan fingerprint density at radius 2 is 2.19 bits per heavy atom. The lowest BCUT2D eigenvalue weighted by Gasteiger charge is -2.17. The number of para-hydroxylation sites is 1. The molecule has 0 fully saturated rings. The number of nitrogens with zero attached hydrogens (tertiary/aromatic N) is 2. The van der Waals surface area contributed by atoms with Gasteiger partial charge in [-0.2, -0.15) is 0 Å². The number of anilines is 2. The van der Waals surface area contributed by atoms with Crippen LogP contribution in [0.5, 0.6) is 0 Å². The number of carboxylic acid groups (broad SMARTS) is 1. The SMILES string of the molecule is O=C(O)N(c1nccs1)c1ccccc1I. The van der Waals surface area contributed by atoms with Gasteiger partial charge in [0, 0.05) is 15.1 Å². The molecule has 1 heterocycles. The summed E-state index contributed by atoms with van der Waals surface area (Å²) in [6, 6.07) is 7.30. The number of thiazole rings is 1. The van der Waals surface area contributed by atoms with Crippen LogP contribution in [0.2, 0.25) is 0 Å². The molecule has 0 aliphatic heterocycles. The van der Waals surface area contributed by atoms with Crippen LogP contribution in [0.15, 0.2) is 35.8 Å². The Hall–Kier alpha value is -1.15. The van der Waals surface area contributed by atoms with E-state index in [1.54, 1.807) is 23.7 Å². The molecule has 0 saturated heterocycles. The molecule has 2 rings (SSSR count). The molecule has 0 unspecified atom stereocenters. The Morgan fingerprint density at radius 1 is 1.44 bits per heavy atom. The minimum Gasteiger partial charge on any atom is -0.464 e. The summed E-state index contributed by atoms with van der Waals surface area (Å²) in [7, 11) is 0. The Morgan fingerprint density at radius 3 is 2.75 bits per heavy atom. The summed E-state index contributed by atoms with van der Waals surface area (Å²) in [5.41, 5.74) is 0.630. The van der Waals surface area contributed by atoms with E-state index in [1.807, 2.05) is 12.1 Å². The molecule has 0 radical (unpaired) electrons. The first-order valence-corrected chi connectivity index (χ1v) is 6.33. The first-order chi connectivity index (χ1) is 7.70. The summed E-state index contributed by atoms with van der Waals surface area (Å²) >= 11 is 3.40. The first-order valence-electron chi connectivity index (χ1n) is 4.37. The van der Waals surface area contributed by atoms with Crippen molar-refractivity contribution in [1.29, 1.82) is 0 Å². The normalized spacial score (nSPS) is 10.1. The minimum absolute atomic E-state index is 0.455. The standard InChI is InChI=1S/C10H7IN2O2S/c11-7-3-1-2-4-8(7)13(10(14)15)9-12-5-6-16-9/h1-6H,(H,14,15). The molecule has 0 aliphatic rings. The van der Waals surface area contributed by atoms with Crippen LogP contribution in [-0.4, -0.2) is 16.2 Å². The van der Waals surface area contributed by atoms with Gasteiger partial charge in [0.1, 0.15) is 0 Å². The van der Waals surface area contributed by atoms with Crippen molar-refractivity contribution in [3.05, 3.63) is 39.4 Å². The van der Waals surface area contributed by atoms with Crippen LogP contribution in [0, 0.1) is 3.57 Å². The average Bonchev–Trinajstić information content (AvgIpc) is 2.74. The zero-order valence-electron chi connectivity index (χ0n) is 8.00. The predicted molar refractivity (Wildman–Crippen MR) is 71.4 cm³/mol. The summed E-state index contributed by atoms with van der Waals surface area (Å²) in [5.74, 6) is 0. The lowest BCUT2D eigenvalue weighted by Crippen LogP contribution is -2.24. The van der Waals surface area contributed by atoms with Crippen molar-refractivity contribution in [3.8, 4) is 0 Å². The molecule has 0 spiro atoms. The van der Waals surface area contributed by atoms with E-state index in [4.69, 9.17) is 0 Å². The van der Waals surface area contributed by atoms with Crippen LogP contribution < -0.4 is 4.90 Å². The molecule has 1 aromatic heterocycles. The highest BCUT2D eigenvalue weighted by Gasteiger charge is 2.20. The van der Waals surface area contributed by atoms with Gasteiger partial charge in [0.05, 0.1) is 5.69 Å². The van der Waals surface area contributed by atoms with Crippen molar-refractivity contribution in [3.63, 3.8) is 0 Å². The van der Waals surface area contributed by atoms with Crippen molar-refractivity contribution in [1.82, 2.24) is 4.98 Å². The highest BCUT2D eigenvalue weighted by atomic mass is 127. The van der Waals surface area contributed by atoms with Gasteiger partial charge in [-0.05, 0) is 34.7 Å². The Balaban J connectivity index is 2.50. The van der Waals surface area contributed by atoms with Gasteiger partial charge in [-0.3, -0.25) is 0 Å². The van der Waals surface area contributed by atoms with Gasteiger partial charge in [0.15, 0.2) is 5.13 Å². The van der Waals surface area contributed by atoms with E-state index in [0.29, 0.717) is 10.8 Å². The molecular weight excluding hydrogens is 339 g/mol. The Bertz CT molecular complexity index is 501. The summed E-state index contributed by atoms with van der Waals surface area (Å²) in [4.78, 5) is 16.4. The highest BCUT2D eigenvalue weighted by Crippen LogP contribution is 2.30. The lowest BCUT2D eigenvalue weighted by atomic mass is 10.3. The zero-order valence-corrected chi connectivity index (χ0v) is 11.0. The van der Waals surface area contributed by atoms with Gasteiger partial charge < -0.3 is 5.11 Å². The average molecular weight is 346 g/mol. The number of carbonyl (C=O) groups is 1. The number of hydrogen-bond acceptors (Lipinski definition) is 3. The molecule has 1 N–H and O–H groups in total. The van der Waals surface area contributed by atoms with Crippen LogP contribution in [0.3, 0.4) is 0 Å². The third-order valence-electron chi connectivity index (χ3n) is 1.90. The molecule has 4 nitrogen and oxygen atoms in total. The second-order valence-corrected chi connectivity index (χ2v) is 4.92. The Labute approximate surface area is 110 Å². The molecule has 0 bridgehead atoms. The molecule has 0 saturated carbocycles. The number of benzene rings is 1. The Kier molecular flexibility index (Phi) is 3.39. The molecule has 1 amide bonds. The first kappa shape index (κ1) is 11.3. The maximum Gasteiger partial charge on any atom is 0.418 e. The van der Waals surface area contributed by atoms with Gasteiger partial charge in [-0.15, -0.1) is 11.3 Å². The fourth-order valence-corrected chi connectivity index (χ4v) is 2.52. The molecule has 6 heteroatoms. The summed E-state index contributed by atoms with van der Waals surface area (Å²) in [6.45, 7) is 0. The summed E-state index contributed by atoms with van der Waals surface area (Å²) in [6.07, 6.45) is 0.560. The van der Waals surface area contributed by atoms with Crippen LogP contribution in [0.1, 0.15) is 0 Å². The summed E-state index contributed by atoms with van der Waals surface area (Å²) in [5, 5.41) is 11.4. The third kappa shape index (κ3) is 2.17. The fraction of sp³-hybridized carbons (Fsp3) is 0. The molecule has 16 heavy (non-hydrogen) atoms. The van der Waals surface area contributed by atoms with Gasteiger partial charge in [-0.1, -0.05) is 12.1 Å². The van der Waals surface area contributed by atoms with Crippen molar-refractivity contribution >= 4 is 50.8 Å².